The number of hydrogen-bond acceptors (Lipinski definition) is 6. The van der Waals surface area contributed by atoms with Gasteiger partial charge in [0.05, 0.1) is 6.54 Å². The maximum Gasteiger partial charge on any atom is 0.185 e. The average Bonchev–Trinajstić information content (AvgIpc) is 2.87. The van der Waals surface area contributed by atoms with E-state index in [4.69, 9.17) is 4.42 Å². The summed E-state index contributed by atoms with van der Waals surface area (Å²) in [4.78, 5) is 12.5. The Hall–Kier alpha value is -0.790. The molecule has 1 atom stereocenters. The van der Waals surface area contributed by atoms with Gasteiger partial charge in [-0.25, -0.2) is 8.42 Å². The summed E-state index contributed by atoms with van der Waals surface area (Å²) < 4.78 is 29.5. The Morgan fingerprint density at radius 3 is 2.95 bits per heavy atom. The molecule has 1 fully saturated rings. The smallest absolute Gasteiger partial charge is 0.185 e. The van der Waals surface area contributed by atoms with Gasteiger partial charge in [0, 0.05) is 23.8 Å². The molecule has 1 aromatic heterocycles. The van der Waals surface area contributed by atoms with E-state index in [0.29, 0.717) is 30.9 Å². The molecule has 106 valence electrons. The monoisotopic (exact) mass is 303 g/mol. The highest BCUT2D eigenvalue weighted by atomic mass is 32.2. The van der Waals surface area contributed by atoms with Crippen LogP contribution in [0.3, 0.4) is 0 Å². The van der Waals surface area contributed by atoms with E-state index in [2.05, 4.69) is 0 Å². The Morgan fingerprint density at radius 1 is 1.53 bits per heavy atom. The van der Waals surface area contributed by atoms with Crippen LogP contribution in [0.15, 0.2) is 16.5 Å². The number of carbonyl (C=O) groups excluding carboxylic acids is 1. The van der Waals surface area contributed by atoms with Crippen LogP contribution in [0.5, 0.6) is 0 Å². The Kier molecular flexibility index (Phi) is 4.70. The summed E-state index contributed by atoms with van der Waals surface area (Å²) >= 11 is 1.66. The van der Waals surface area contributed by atoms with Crippen LogP contribution in [0.25, 0.3) is 0 Å². The number of aldehydes is 1. The molecule has 1 aromatic rings. The van der Waals surface area contributed by atoms with E-state index >= 15 is 0 Å². The first kappa shape index (κ1) is 14.6. The first-order chi connectivity index (χ1) is 9.06. The van der Waals surface area contributed by atoms with Crippen LogP contribution in [0.2, 0.25) is 0 Å². The van der Waals surface area contributed by atoms with Gasteiger partial charge in [-0.3, -0.25) is 9.69 Å². The standard InChI is InChI=1S/C12H17NO4S2/c1-2-19(15,16)12-9-18-6-5-13(12)7-10-3-4-11(8-14)17-10/h3-4,8,12H,2,5-7,9H2,1H3. The van der Waals surface area contributed by atoms with Crippen molar-refractivity contribution in [3.05, 3.63) is 23.7 Å². The molecule has 1 saturated heterocycles. The lowest BCUT2D eigenvalue weighted by Gasteiger charge is -2.33. The van der Waals surface area contributed by atoms with Crippen LogP contribution in [0.1, 0.15) is 23.2 Å². The Bertz CT molecular complexity index is 538. The summed E-state index contributed by atoms with van der Waals surface area (Å²) in [6.45, 7) is 2.81. The van der Waals surface area contributed by atoms with E-state index in [1.165, 1.54) is 0 Å². The van der Waals surface area contributed by atoms with Gasteiger partial charge in [0.1, 0.15) is 11.1 Å². The molecular formula is C12H17NO4S2. The third kappa shape index (κ3) is 3.40. The minimum Gasteiger partial charge on any atom is -0.457 e. The van der Waals surface area contributed by atoms with E-state index in [-0.39, 0.29) is 11.5 Å². The maximum absolute atomic E-state index is 12.1. The minimum atomic E-state index is -3.10. The number of nitrogens with zero attached hydrogens (tertiary/aromatic N) is 1. The van der Waals surface area contributed by atoms with E-state index in [1.807, 2.05) is 4.90 Å². The van der Waals surface area contributed by atoms with Crippen LogP contribution < -0.4 is 0 Å². The zero-order chi connectivity index (χ0) is 13.9. The molecule has 1 aliphatic heterocycles. The fraction of sp³-hybridized carbons (Fsp3) is 0.583. The van der Waals surface area contributed by atoms with Gasteiger partial charge in [-0.2, -0.15) is 11.8 Å². The largest absolute Gasteiger partial charge is 0.457 e. The lowest BCUT2D eigenvalue weighted by Crippen LogP contribution is -2.47. The summed E-state index contributed by atoms with van der Waals surface area (Å²) in [6.07, 6.45) is 0.649. The van der Waals surface area contributed by atoms with Gasteiger partial charge in [0.2, 0.25) is 0 Å². The predicted octanol–water partition coefficient (Wildman–Crippen LogP) is 1.40. The summed E-state index contributed by atoms with van der Waals surface area (Å²) in [5, 5.41) is -0.457. The molecule has 0 aromatic carbocycles. The average molecular weight is 303 g/mol. The number of thioether (sulfide) groups is 1. The zero-order valence-electron chi connectivity index (χ0n) is 10.7. The van der Waals surface area contributed by atoms with Crippen molar-refractivity contribution in [2.24, 2.45) is 0 Å². The Balaban J connectivity index is 2.14. The summed E-state index contributed by atoms with van der Waals surface area (Å²) in [6, 6.07) is 3.32. The van der Waals surface area contributed by atoms with Gasteiger partial charge in [-0.15, -0.1) is 0 Å². The molecule has 2 heterocycles. The molecular weight excluding hydrogens is 286 g/mol. The van der Waals surface area contributed by atoms with Crippen molar-refractivity contribution in [3.8, 4) is 0 Å². The zero-order valence-corrected chi connectivity index (χ0v) is 12.4. The van der Waals surface area contributed by atoms with Gasteiger partial charge >= 0.3 is 0 Å². The van der Waals surface area contributed by atoms with Crippen LogP contribution in [-0.2, 0) is 16.4 Å². The van der Waals surface area contributed by atoms with Crippen LogP contribution >= 0.6 is 11.8 Å². The van der Waals surface area contributed by atoms with Crippen molar-refractivity contribution in [1.82, 2.24) is 4.90 Å². The van der Waals surface area contributed by atoms with E-state index in [9.17, 15) is 13.2 Å². The van der Waals surface area contributed by atoms with Gasteiger partial charge < -0.3 is 4.42 Å². The van der Waals surface area contributed by atoms with Gasteiger partial charge in [-0.05, 0) is 12.1 Å². The first-order valence-corrected chi connectivity index (χ1v) is 9.01. The first-order valence-electron chi connectivity index (χ1n) is 6.14. The van der Waals surface area contributed by atoms with Crippen molar-refractivity contribution in [2.45, 2.75) is 18.8 Å². The van der Waals surface area contributed by atoms with Gasteiger partial charge in [-0.1, -0.05) is 6.92 Å². The van der Waals surface area contributed by atoms with Crippen LogP contribution in [-0.4, -0.2) is 48.8 Å². The topological polar surface area (TPSA) is 67.6 Å². The van der Waals surface area contributed by atoms with Crippen molar-refractivity contribution < 1.29 is 17.6 Å². The molecule has 0 aliphatic carbocycles. The highest BCUT2D eigenvalue weighted by molar-refractivity contribution is 8.01. The van der Waals surface area contributed by atoms with E-state index in [0.717, 1.165) is 5.75 Å². The van der Waals surface area contributed by atoms with Crippen LogP contribution in [0, 0.1) is 0 Å². The van der Waals surface area contributed by atoms with Gasteiger partial charge in [0.15, 0.2) is 21.9 Å². The molecule has 0 amide bonds. The molecule has 2 rings (SSSR count). The molecule has 0 spiro atoms. The SMILES string of the molecule is CCS(=O)(=O)C1CSCCN1Cc1ccc(C=O)o1. The third-order valence-electron chi connectivity index (χ3n) is 3.16. The van der Waals surface area contributed by atoms with Crippen molar-refractivity contribution in [1.29, 1.82) is 0 Å². The van der Waals surface area contributed by atoms with Crippen molar-refractivity contribution >= 4 is 27.9 Å². The highest BCUT2D eigenvalue weighted by Gasteiger charge is 2.33. The molecule has 1 aliphatic rings. The second-order valence-electron chi connectivity index (χ2n) is 4.37. The number of rotatable bonds is 5. The number of hydrogen-bond donors (Lipinski definition) is 0. The molecule has 0 saturated carbocycles. The predicted molar refractivity (Wildman–Crippen MR) is 75.1 cm³/mol. The summed E-state index contributed by atoms with van der Waals surface area (Å²) in [5.41, 5.74) is 0. The molecule has 1 unspecified atom stereocenters. The van der Waals surface area contributed by atoms with Crippen LogP contribution in [0.4, 0.5) is 0 Å². The second-order valence-corrected chi connectivity index (χ2v) is 7.97. The highest BCUT2D eigenvalue weighted by Crippen LogP contribution is 2.23. The normalized spacial score (nSPS) is 21.4. The Morgan fingerprint density at radius 2 is 2.32 bits per heavy atom. The van der Waals surface area contributed by atoms with E-state index < -0.39 is 15.2 Å². The van der Waals surface area contributed by atoms with E-state index in [1.54, 1.807) is 30.8 Å². The maximum atomic E-state index is 12.1. The molecule has 0 bridgehead atoms. The second kappa shape index (κ2) is 6.11. The lowest BCUT2D eigenvalue weighted by atomic mass is 10.4. The fourth-order valence-electron chi connectivity index (χ4n) is 2.06. The minimum absolute atomic E-state index is 0.145. The Labute approximate surface area is 117 Å². The number of carbonyl (C=O) groups is 1. The number of furan rings is 1. The molecule has 0 N–H and O–H groups in total. The summed E-state index contributed by atoms with van der Waals surface area (Å²) in [5.74, 6) is 2.56. The third-order valence-corrected chi connectivity index (χ3v) is 6.50. The number of sulfone groups is 1. The molecule has 19 heavy (non-hydrogen) atoms. The fourth-order valence-corrected chi connectivity index (χ4v) is 5.14. The molecule has 7 heteroatoms. The molecule has 5 nitrogen and oxygen atoms in total. The van der Waals surface area contributed by atoms with Gasteiger partial charge in [0.25, 0.3) is 0 Å². The molecule has 0 radical (unpaired) electrons. The summed E-state index contributed by atoms with van der Waals surface area (Å²) in [7, 11) is -3.10. The lowest BCUT2D eigenvalue weighted by molar-refractivity contribution is 0.109. The van der Waals surface area contributed by atoms with Crippen molar-refractivity contribution in [3.63, 3.8) is 0 Å². The quantitative estimate of drug-likeness (QED) is 0.766. The van der Waals surface area contributed by atoms with Crippen molar-refractivity contribution in [2.75, 3.05) is 23.8 Å².